The van der Waals surface area contributed by atoms with E-state index in [1.165, 1.54) is 21.2 Å². The van der Waals surface area contributed by atoms with Gasteiger partial charge in [0, 0.05) is 28.9 Å². The maximum atomic E-state index is 13.2. The lowest BCUT2D eigenvalue weighted by molar-refractivity contribution is -0.662. The summed E-state index contributed by atoms with van der Waals surface area (Å²) < 4.78 is 7.29. The Labute approximate surface area is 239 Å². The van der Waals surface area contributed by atoms with Gasteiger partial charge in [0.05, 0.1) is 6.20 Å². The minimum absolute atomic E-state index is 0.0209. The van der Waals surface area contributed by atoms with Crippen LogP contribution in [0.25, 0.3) is 5.65 Å². The van der Waals surface area contributed by atoms with Gasteiger partial charge in [-0.1, -0.05) is 14.8 Å². The van der Waals surface area contributed by atoms with Gasteiger partial charge in [0.25, 0.3) is 17.6 Å². The number of carbonyl (C=O) groups is 4. The normalized spacial score (nSPS) is 20.7. The minimum Gasteiger partial charge on any atom is -0.477 e. The molecule has 5 heterocycles. The molecule has 1 aliphatic carbocycles. The molecule has 1 saturated carbocycles. The molecule has 0 bridgehead atoms. The van der Waals surface area contributed by atoms with Crippen LogP contribution in [0.4, 0.5) is 10.9 Å². The average molecular weight is 600 g/mol. The number of nitrogens with zero attached hydrogens (tertiary/aromatic N) is 7. The highest BCUT2D eigenvalue weighted by Crippen LogP contribution is 2.40. The highest BCUT2D eigenvalue weighted by Gasteiger charge is 2.54. The summed E-state index contributed by atoms with van der Waals surface area (Å²) in [4.78, 5) is 60.5. The van der Waals surface area contributed by atoms with Crippen LogP contribution in [-0.4, -0.2) is 82.2 Å². The average Bonchev–Trinajstić information content (AvgIpc) is 3.51. The molecule has 3 aromatic heterocycles. The van der Waals surface area contributed by atoms with Crippen molar-refractivity contribution in [1.29, 1.82) is 0 Å². The van der Waals surface area contributed by atoms with Gasteiger partial charge in [0.1, 0.15) is 29.8 Å². The van der Waals surface area contributed by atoms with Gasteiger partial charge < -0.3 is 21.0 Å². The van der Waals surface area contributed by atoms with E-state index in [9.17, 15) is 24.3 Å². The van der Waals surface area contributed by atoms with Crippen LogP contribution in [0.5, 0.6) is 0 Å². The van der Waals surface area contributed by atoms with Gasteiger partial charge in [0.2, 0.25) is 17.9 Å². The van der Waals surface area contributed by atoms with Crippen LogP contribution >= 0.6 is 23.3 Å². The first-order valence-electron chi connectivity index (χ1n) is 12.5. The Morgan fingerprint density at radius 1 is 1.37 bits per heavy atom. The number of fused-ring (bicyclic) bond motifs is 2. The molecule has 3 amide bonds. The zero-order valence-electron chi connectivity index (χ0n) is 21.2. The van der Waals surface area contributed by atoms with E-state index in [0.717, 1.165) is 30.8 Å². The first-order chi connectivity index (χ1) is 19.9. The number of oxime groups is 1. The van der Waals surface area contributed by atoms with E-state index < -0.39 is 29.2 Å². The number of nitrogen functional groups attached to an aromatic ring is 1. The monoisotopic (exact) mass is 599 g/mol. The zero-order chi connectivity index (χ0) is 28.7. The van der Waals surface area contributed by atoms with Crippen LogP contribution in [0.15, 0.2) is 41.0 Å². The molecule has 16 nitrogen and oxygen atoms in total. The molecular weight excluding hydrogens is 576 g/mol. The number of aromatic nitrogens is 5. The van der Waals surface area contributed by atoms with Gasteiger partial charge >= 0.3 is 11.6 Å². The van der Waals surface area contributed by atoms with Crippen molar-refractivity contribution in [1.82, 2.24) is 29.2 Å². The van der Waals surface area contributed by atoms with Crippen molar-refractivity contribution in [2.24, 2.45) is 5.16 Å². The number of aliphatic carboxylic acids is 1. The van der Waals surface area contributed by atoms with Gasteiger partial charge in [-0.3, -0.25) is 24.6 Å². The van der Waals surface area contributed by atoms with Gasteiger partial charge in [-0.15, -0.1) is 11.8 Å². The summed E-state index contributed by atoms with van der Waals surface area (Å²) >= 11 is 2.21. The highest BCUT2D eigenvalue weighted by atomic mass is 32.2. The van der Waals surface area contributed by atoms with E-state index in [1.54, 1.807) is 29.1 Å². The van der Waals surface area contributed by atoms with E-state index in [-0.39, 0.29) is 40.8 Å². The predicted molar refractivity (Wildman–Crippen MR) is 144 cm³/mol. The molecular formula is C23H23N10O6S2+. The van der Waals surface area contributed by atoms with Crippen LogP contribution in [-0.2, 0) is 30.6 Å². The van der Waals surface area contributed by atoms with Crippen molar-refractivity contribution in [2.75, 3.05) is 16.8 Å². The largest absolute Gasteiger partial charge is 0.477 e. The second-order valence-electron chi connectivity index (χ2n) is 9.37. The summed E-state index contributed by atoms with van der Waals surface area (Å²) in [5.41, 5.74) is 6.41. The third-order valence-electron chi connectivity index (χ3n) is 6.85. The molecule has 2 fully saturated rings. The number of thioether (sulfide) groups is 1. The standard InChI is InChI=1S/C23H22N10O6S2/c24-23-28-18(30-41-23)15(29-39-12-3-1-4-12)19(35)27-16-20(36)32-17(22(37)38)11(9-40-21(16)32)7-31-8-13(25-10-34)33-14(31)5-2-6-26-33/h2,5-6,8,10,12,16,21H,1,3-4,7,9H2,(H4-,24,25,26,27,28,30,34,35,37,38)/p+1/b29-15-/t16-,21-/m1/s1. The van der Waals surface area contributed by atoms with Crippen LogP contribution in [0.3, 0.4) is 0 Å². The second kappa shape index (κ2) is 10.8. The van der Waals surface area contributed by atoms with Crippen LogP contribution in [0.2, 0.25) is 0 Å². The Morgan fingerprint density at radius 3 is 2.88 bits per heavy atom. The molecule has 41 heavy (non-hydrogen) atoms. The summed E-state index contributed by atoms with van der Waals surface area (Å²) in [5.74, 6) is -1.92. The Kier molecular flexibility index (Phi) is 7.00. The lowest BCUT2D eigenvalue weighted by Gasteiger charge is -2.49. The topological polar surface area (TPSA) is 210 Å². The van der Waals surface area contributed by atoms with E-state index in [0.29, 0.717) is 23.4 Å². The van der Waals surface area contributed by atoms with Crippen LogP contribution < -0.4 is 20.9 Å². The number of nitrogens with two attached hydrogens (primary N) is 1. The third kappa shape index (κ3) is 4.84. The van der Waals surface area contributed by atoms with Crippen molar-refractivity contribution in [3.63, 3.8) is 0 Å². The number of nitrogens with one attached hydrogen (secondary N) is 2. The molecule has 0 aromatic carbocycles. The predicted octanol–water partition coefficient (Wildman–Crippen LogP) is -0.664. The molecule has 0 radical (unpaired) electrons. The first kappa shape index (κ1) is 26.6. The fourth-order valence-corrected chi connectivity index (χ4v) is 6.43. The number of rotatable bonds is 10. The third-order valence-corrected chi connectivity index (χ3v) is 8.73. The summed E-state index contributed by atoms with van der Waals surface area (Å²) in [6.07, 6.45) is 6.23. The van der Waals surface area contributed by atoms with E-state index in [1.807, 2.05) is 0 Å². The number of hydrogen-bond acceptors (Lipinski definition) is 12. The lowest BCUT2D eigenvalue weighted by Crippen LogP contribution is -2.71. The molecule has 0 spiro atoms. The van der Waals surface area contributed by atoms with Gasteiger partial charge in [-0.05, 0) is 25.3 Å². The van der Waals surface area contributed by atoms with Gasteiger partial charge in [-0.2, -0.15) is 9.36 Å². The highest BCUT2D eigenvalue weighted by molar-refractivity contribution is 8.00. The minimum atomic E-state index is -1.27. The quantitative estimate of drug-likeness (QED) is 0.0755. The molecule has 5 N–H and O–H groups in total. The smallest absolute Gasteiger partial charge is 0.352 e. The summed E-state index contributed by atoms with van der Waals surface area (Å²) in [5, 5.41) is 23.0. The molecule has 0 unspecified atom stereocenters. The molecule has 212 valence electrons. The Morgan fingerprint density at radius 2 is 2.20 bits per heavy atom. The van der Waals surface area contributed by atoms with Crippen molar-refractivity contribution >= 4 is 69.8 Å². The molecule has 3 aliphatic rings. The molecule has 3 aromatic rings. The number of imidazole rings is 1. The summed E-state index contributed by atoms with van der Waals surface area (Å²) in [6, 6.07) is 2.48. The Hall–Kier alpha value is -4.58. The molecule has 6 rings (SSSR count). The summed E-state index contributed by atoms with van der Waals surface area (Å²) in [7, 11) is 0. The van der Waals surface area contributed by atoms with Crippen LogP contribution in [0, 0.1) is 0 Å². The van der Waals surface area contributed by atoms with Crippen LogP contribution in [0.1, 0.15) is 25.1 Å². The van der Waals surface area contributed by atoms with Gasteiger partial charge in [-0.25, -0.2) is 9.36 Å². The van der Waals surface area contributed by atoms with Crippen molar-refractivity contribution in [3.05, 3.63) is 41.6 Å². The van der Waals surface area contributed by atoms with E-state index >= 15 is 0 Å². The maximum absolute atomic E-state index is 13.2. The number of carboxylic acid groups (broad SMARTS) is 1. The number of anilines is 2. The SMILES string of the molecule is Nc1nc(/C(=N/OC2CCC2)C(=O)N[C@@H]2C(=O)N3C(C(=O)O)=C(C[n+]4cc(NC=O)n5ncccc54)CS[C@H]23)ns1. The Balaban J connectivity index is 1.23. The molecule has 2 atom stereocenters. The fraction of sp³-hybridized carbons (Fsp3) is 0.348. The number of hydrogen-bond donors (Lipinski definition) is 4. The van der Waals surface area contributed by atoms with E-state index in [4.69, 9.17) is 10.6 Å². The maximum Gasteiger partial charge on any atom is 0.352 e. The zero-order valence-corrected chi connectivity index (χ0v) is 22.8. The summed E-state index contributed by atoms with van der Waals surface area (Å²) in [6.45, 7) is 0.129. The second-order valence-corrected chi connectivity index (χ2v) is 11.3. The Bertz CT molecular complexity index is 1630. The van der Waals surface area contributed by atoms with Crippen molar-refractivity contribution in [3.8, 4) is 0 Å². The van der Waals surface area contributed by atoms with Gasteiger partial charge in [0.15, 0.2) is 11.3 Å². The molecule has 18 heteroatoms. The molecule has 1 saturated heterocycles. The first-order valence-corrected chi connectivity index (χ1v) is 14.3. The van der Waals surface area contributed by atoms with E-state index in [2.05, 4.69) is 30.2 Å². The number of carboxylic acids is 1. The number of amides is 3. The fourth-order valence-electron chi connectivity index (χ4n) is 4.66. The van der Waals surface area contributed by atoms with Crippen molar-refractivity contribution < 1.29 is 33.7 Å². The number of carbonyl (C=O) groups excluding carboxylic acids is 3. The number of β-lactam (4-membered cyclic amide) rings is 1. The lowest BCUT2D eigenvalue weighted by atomic mass is 9.97. The molecule has 2 aliphatic heterocycles. The van der Waals surface area contributed by atoms with Crippen molar-refractivity contribution in [2.45, 2.75) is 43.3 Å².